The molecule has 0 spiro atoms. The number of nitrogens with one attached hydrogen (secondary N) is 1. The Labute approximate surface area is 134 Å². The highest BCUT2D eigenvalue weighted by molar-refractivity contribution is 6.12. The number of carbonyl (C=O) groups excluding carboxylic acids is 1. The van der Waals surface area contributed by atoms with E-state index in [2.05, 4.69) is 5.32 Å². The van der Waals surface area contributed by atoms with Gasteiger partial charge in [-0.05, 0) is 23.6 Å². The number of rotatable bonds is 4. The Morgan fingerprint density at radius 2 is 1.78 bits per heavy atom. The summed E-state index contributed by atoms with van der Waals surface area (Å²) in [4.78, 5) is 25.3. The number of amides is 2. The van der Waals surface area contributed by atoms with E-state index in [1.165, 1.54) is 0 Å². The summed E-state index contributed by atoms with van der Waals surface area (Å²) in [5, 5.41) is 11.3. The molecule has 0 fully saturated rings. The molecule has 2 aliphatic heterocycles. The standard InChI is InChI=1S/C18H18N2O3/c1-11(2)16(19-18(22)23)17(21)20-13-8-9-14(15(20)10-13)12-6-4-3-5-7-12/h3-11,16,19H,1-2H3,(H,22,23). The van der Waals surface area contributed by atoms with Gasteiger partial charge in [0.25, 0.3) is 5.91 Å². The molecule has 0 aliphatic carbocycles. The smallest absolute Gasteiger partial charge is 0.405 e. The van der Waals surface area contributed by atoms with Gasteiger partial charge in [-0.2, -0.15) is 0 Å². The lowest BCUT2D eigenvalue weighted by Gasteiger charge is -2.37. The summed E-state index contributed by atoms with van der Waals surface area (Å²) in [6.07, 6.45) is -1.19. The van der Waals surface area contributed by atoms with Crippen molar-refractivity contribution >= 4 is 23.4 Å². The highest BCUT2D eigenvalue weighted by Gasteiger charge is 2.36. The van der Waals surface area contributed by atoms with Crippen LogP contribution >= 0.6 is 0 Å². The highest BCUT2D eigenvalue weighted by Crippen LogP contribution is 2.45. The molecule has 4 rings (SSSR count). The van der Waals surface area contributed by atoms with E-state index in [9.17, 15) is 9.59 Å². The van der Waals surface area contributed by atoms with Crippen molar-refractivity contribution in [3.05, 3.63) is 48.5 Å². The second-order valence-electron chi connectivity index (χ2n) is 5.91. The molecule has 118 valence electrons. The third kappa shape index (κ3) is 2.65. The molecule has 5 heteroatoms. The Hall–Kier alpha value is -2.82. The molecule has 23 heavy (non-hydrogen) atoms. The maximum Gasteiger partial charge on any atom is 0.405 e. The lowest BCUT2D eigenvalue weighted by Crippen LogP contribution is -2.51. The largest absolute Gasteiger partial charge is 0.465 e. The molecule has 2 bridgehead atoms. The lowest BCUT2D eigenvalue weighted by atomic mass is 9.94. The second kappa shape index (κ2) is 5.76. The molecule has 0 saturated heterocycles. The highest BCUT2D eigenvalue weighted by atomic mass is 16.4. The predicted octanol–water partition coefficient (Wildman–Crippen LogP) is 3.62. The molecule has 2 aromatic rings. The lowest BCUT2D eigenvalue weighted by molar-refractivity contribution is -0.120. The van der Waals surface area contributed by atoms with Crippen molar-refractivity contribution < 1.29 is 14.7 Å². The molecular weight excluding hydrogens is 292 g/mol. The van der Waals surface area contributed by atoms with Crippen LogP contribution in [0.1, 0.15) is 13.8 Å². The Morgan fingerprint density at radius 3 is 2.35 bits per heavy atom. The van der Waals surface area contributed by atoms with Crippen LogP contribution < -0.4 is 10.2 Å². The van der Waals surface area contributed by atoms with Gasteiger partial charge >= 0.3 is 6.09 Å². The summed E-state index contributed by atoms with van der Waals surface area (Å²) in [6.45, 7) is 3.65. The Balaban J connectivity index is 1.91. The number of hydrogen-bond acceptors (Lipinski definition) is 2. The molecule has 0 aromatic heterocycles. The fourth-order valence-electron chi connectivity index (χ4n) is 2.81. The molecule has 2 heterocycles. The van der Waals surface area contributed by atoms with Crippen LogP contribution in [0.4, 0.5) is 16.2 Å². The maximum atomic E-state index is 12.8. The second-order valence-corrected chi connectivity index (χ2v) is 5.91. The molecule has 1 atom stereocenters. The fraction of sp³-hybridized carbons (Fsp3) is 0.222. The summed E-state index contributed by atoms with van der Waals surface area (Å²) in [7, 11) is 0. The van der Waals surface area contributed by atoms with Crippen LogP contribution in [0, 0.1) is 5.92 Å². The summed E-state index contributed by atoms with van der Waals surface area (Å²) in [5.74, 6) is -0.377. The van der Waals surface area contributed by atoms with Crippen molar-refractivity contribution in [1.29, 1.82) is 0 Å². The molecule has 0 saturated carbocycles. The van der Waals surface area contributed by atoms with Gasteiger partial charge in [0, 0.05) is 5.56 Å². The minimum absolute atomic E-state index is 0.134. The van der Waals surface area contributed by atoms with Gasteiger partial charge in [-0.15, -0.1) is 0 Å². The SMILES string of the molecule is CC(C)C(NC(=O)O)C(=O)N1c2ccc(-c3ccccc3)c1c2. The normalized spacial score (nSPS) is 13.4. The number of fused-ring (bicyclic) bond motifs is 2. The minimum Gasteiger partial charge on any atom is -0.465 e. The van der Waals surface area contributed by atoms with Crippen molar-refractivity contribution in [3.8, 4) is 11.1 Å². The first-order chi connectivity index (χ1) is 11.0. The monoisotopic (exact) mass is 310 g/mol. The van der Waals surface area contributed by atoms with E-state index >= 15 is 0 Å². The molecule has 5 nitrogen and oxygen atoms in total. The van der Waals surface area contributed by atoms with Crippen molar-refractivity contribution in [2.24, 2.45) is 5.92 Å². The number of carboxylic acid groups (broad SMARTS) is 1. The van der Waals surface area contributed by atoms with Gasteiger partial charge in [0.2, 0.25) is 0 Å². The summed E-state index contributed by atoms with van der Waals surface area (Å²) >= 11 is 0. The van der Waals surface area contributed by atoms with Crippen molar-refractivity contribution in [3.63, 3.8) is 0 Å². The molecule has 2 aliphatic rings. The fourth-order valence-corrected chi connectivity index (χ4v) is 2.81. The molecule has 2 N–H and O–H groups in total. The summed E-state index contributed by atoms with van der Waals surface area (Å²) in [5.41, 5.74) is 3.60. The first-order valence-electron chi connectivity index (χ1n) is 7.52. The number of benzene rings is 2. The van der Waals surface area contributed by atoms with Gasteiger partial charge in [0.1, 0.15) is 6.04 Å². The van der Waals surface area contributed by atoms with E-state index in [0.29, 0.717) is 0 Å². The summed E-state index contributed by atoms with van der Waals surface area (Å²) in [6, 6.07) is 14.9. The third-order valence-electron chi connectivity index (χ3n) is 4.00. The van der Waals surface area contributed by atoms with E-state index in [0.717, 1.165) is 22.5 Å². The first kappa shape index (κ1) is 15.1. The van der Waals surface area contributed by atoms with Gasteiger partial charge in [0.05, 0.1) is 11.4 Å². The Morgan fingerprint density at radius 1 is 1.09 bits per heavy atom. The van der Waals surface area contributed by atoms with Crippen LogP contribution in [-0.2, 0) is 4.79 Å². The van der Waals surface area contributed by atoms with Gasteiger partial charge in [-0.1, -0.05) is 50.2 Å². The molecule has 1 unspecified atom stereocenters. The number of hydrogen-bond donors (Lipinski definition) is 2. The van der Waals surface area contributed by atoms with Gasteiger partial charge in [0.15, 0.2) is 0 Å². The molecule has 2 aromatic carbocycles. The zero-order chi connectivity index (χ0) is 16.6. The number of carbonyl (C=O) groups is 2. The van der Waals surface area contributed by atoms with E-state index in [-0.39, 0.29) is 11.8 Å². The van der Waals surface area contributed by atoms with Crippen LogP contribution in [0.2, 0.25) is 0 Å². The topological polar surface area (TPSA) is 69.6 Å². The van der Waals surface area contributed by atoms with Crippen LogP contribution in [0.25, 0.3) is 11.1 Å². The van der Waals surface area contributed by atoms with Crippen LogP contribution in [-0.4, -0.2) is 23.1 Å². The van der Waals surface area contributed by atoms with Crippen LogP contribution in [0.15, 0.2) is 48.5 Å². The van der Waals surface area contributed by atoms with E-state index in [1.54, 1.807) is 4.90 Å². The van der Waals surface area contributed by atoms with Crippen LogP contribution in [0.5, 0.6) is 0 Å². The van der Waals surface area contributed by atoms with Crippen LogP contribution in [0.3, 0.4) is 0 Å². The first-order valence-corrected chi connectivity index (χ1v) is 7.52. The number of anilines is 2. The van der Waals surface area contributed by atoms with Crippen molar-refractivity contribution in [1.82, 2.24) is 5.32 Å². The van der Waals surface area contributed by atoms with E-state index in [1.807, 2.05) is 62.4 Å². The van der Waals surface area contributed by atoms with Crippen molar-refractivity contribution in [2.45, 2.75) is 19.9 Å². The summed E-state index contributed by atoms with van der Waals surface area (Å²) < 4.78 is 0. The molecular formula is C18H18N2O3. The average molecular weight is 310 g/mol. The van der Waals surface area contributed by atoms with E-state index in [4.69, 9.17) is 5.11 Å². The quantitative estimate of drug-likeness (QED) is 0.906. The van der Waals surface area contributed by atoms with Crippen molar-refractivity contribution in [2.75, 3.05) is 4.90 Å². The zero-order valence-corrected chi connectivity index (χ0v) is 13.0. The average Bonchev–Trinajstić information content (AvgIpc) is 2.52. The third-order valence-corrected chi connectivity index (χ3v) is 4.00. The Bertz CT molecular complexity index is 752. The maximum absolute atomic E-state index is 12.8. The predicted molar refractivity (Wildman–Crippen MR) is 88.8 cm³/mol. The minimum atomic E-state index is -1.19. The molecule has 0 radical (unpaired) electrons. The van der Waals surface area contributed by atoms with E-state index < -0.39 is 12.1 Å². The van der Waals surface area contributed by atoms with Gasteiger partial charge < -0.3 is 10.4 Å². The van der Waals surface area contributed by atoms with Gasteiger partial charge in [-0.25, -0.2) is 4.79 Å². The zero-order valence-electron chi connectivity index (χ0n) is 13.0. The number of nitrogens with zero attached hydrogens (tertiary/aromatic N) is 1. The molecule has 2 amide bonds. The Kier molecular flexibility index (Phi) is 3.78. The van der Waals surface area contributed by atoms with Gasteiger partial charge in [-0.3, -0.25) is 9.69 Å².